The maximum absolute atomic E-state index is 5.99. The summed E-state index contributed by atoms with van der Waals surface area (Å²) >= 11 is 0. The molecule has 130 valence electrons. The van der Waals surface area contributed by atoms with Gasteiger partial charge in [0.15, 0.2) is 11.5 Å². The molecule has 1 aliphatic rings. The molecule has 0 radical (unpaired) electrons. The summed E-state index contributed by atoms with van der Waals surface area (Å²) in [4.78, 5) is 2.67. The molecule has 3 nitrogen and oxygen atoms in total. The predicted molar refractivity (Wildman–Crippen MR) is 96.5 cm³/mol. The third-order valence-corrected chi connectivity index (χ3v) is 4.85. The van der Waals surface area contributed by atoms with Gasteiger partial charge < -0.3 is 9.47 Å². The van der Waals surface area contributed by atoms with Crippen LogP contribution < -0.4 is 9.47 Å². The van der Waals surface area contributed by atoms with Crippen molar-refractivity contribution in [2.75, 3.05) is 26.8 Å². The molecule has 0 bridgehead atoms. The Hall–Kier alpha value is -1.22. The zero-order chi connectivity index (χ0) is 16.3. The number of methoxy groups -OCH3 is 1. The van der Waals surface area contributed by atoms with Crippen LogP contribution in [0.4, 0.5) is 0 Å². The Morgan fingerprint density at radius 1 is 1.00 bits per heavy atom. The van der Waals surface area contributed by atoms with Gasteiger partial charge in [0.1, 0.15) is 6.61 Å². The molecule has 0 atom stereocenters. The van der Waals surface area contributed by atoms with Gasteiger partial charge in [0.2, 0.25) is 0 Å². The average Bonchev–Trinajstić information content (AvgIpc) is 2.61. The van der Waals surface area contributed by atoms with E-state index in [1.165, 1.54) is 57.9 Å². The third kappa shape index (κ3) is 6.06. The standard InChI is InChI=1S/C20H33NO2/c1-3-4-10-15-21(18-11-6-5-7-12-18)16-17-23-20-14-9-8-13-19(20)22-2/h8-9,13-14,18H,3-7,10-12,15-17H2,1-2H3. The van der Waals surface area contributed by atoms with Crippen LogP contribution in [0.5, 0.6) is 11.5 Å². The van der Waals surface area contributed by atoms with Gasteiger partial charge in [0, 0.05) is 12.6 Å². The zero-order valence-electron chi connectivity index (χ0n) is 14.9. The average molecular weight is 319 g/mol. The van der Waals surface area contributed by atoms with E-state index in [2.05, 4.69) is 11.8 Å². The monoisotopic (exact) mass is 319 g/mol. The van der Waals surface area contributed by atoms with Crippen molar-refractivity contribution in [3.05, 3.63) is 24.3 Å². The van der Waals surface area contributed by atoms with Crippen molar-refractivity contribution in [3.8, 4) is 11.5 Å². The summed E-state index contributed by atoms with van der Waals surface area (Å²) in [5.41, 5.74) is 0. The molecule has 2 rings (SSSR count). The van der Waals surface area contributed by atoms with Gasteiger partial charge in [-0.05, 0) is 37.9 Å². The van der Waals surface area contributed by atoms with Gasteiger partial charge in [-0.1, -0.05) is 51.2 Å². The Morgan fingerprint density at radius 2 is 1.74 bits per heavy atom. The lowest BCUT2D eigenvalue weighted by Gasteiger charge is -2.34. The highest BCUT2D eigenvalue weighted by molar-refractivity contribution is 5.39. The molecular formula is C20H33NO2. The minimum atomic E-state index is 0.739. The number of hydrogen-bond acceptors (Lipinski definition) is 3. The van der Waals surface area contributed by atoms with Crippen molar-refractivity contribution in [2.24, 2.45) is 0 Å². The number of hydrogen-bond donors (Lipinski definition) is 0. The third-order valence-electron chi connectivity index (χ3n) is 4.85. The quantitative estimate of drug-likeness (QED) is 0.573. The topological polar surface area (TPSA) is 21.7 Å². The van der Waals surface area contributed by atoms with Crippen molar-refractivity contribution in [1.82, 2.24) is 4.90 Å². The van der Waals surface area contributed by atoms with E-state index in [0.717, 1.165) is 30.7 Å². The molecule has 0 amide bonds. The first-order valence-electron chi connectivity index (χ1n) is 9.35. The van der Waals surface area contributed by atoms with Crippen LogP contribution in [0.25, 0.3) is 0 Å². The molecule has 0 aliphatic heterocycles. The SMILES string of the molecule is CCCCCN(CCOc1ccccc1OC)C1CCCCC1. The summed E-state index contributed by atoms with van der Waals surface area (Å²) < 4.78 is 11.3. The van der Waals surface area contributed by atoms with Gasteiger partial charge in [-0.2, -0.15) is 0 Å². The molecular weight excluding hydrogens is 286 g/mol. The Balaban J connectivity index is 1.83. The van der Waals surface area contributed by atoms with Crippen LogP contribution in [0, 0.1) is 0 Å². The van der Waals surface area contributed by atoms with E-state index in [4.69, 9.17) is 9.47 Å². The normalized spacial score (nSPS) is 15.8. The molecule has 1 aromatic rings. The molecule has 0 heterocycles. The highest BCUT2D eigenvalue weighted by atomic mass is 16.5. The highest BCUT2D eigenvalue weighted by Crippen LogP contribution is 2.26. The van der Waals surface area contributed by atoms with Gasteiger partial charge in [0.05, 0.1) is 7.11 Å². The Kier molecular flexibility index (Phi) is 8.30. The van der Waals surface area contributed by atoms with E-state index >= 15 is 0 Å². The maximum Gasteiger partial charge on any atom is 0.161 e. The Bertz CT molecular complexity index is 429. The van der Waals surface area contributed by atoms with Gasteiger partial charge >= 0.3 is 0 Å². The van der Waals surface area contributed by atoms with Gasteiger partial charge in [-0.3, -0.25) is 4.90 Å². The van der Waals surface area contributed by atoms with Crippen LogP contribution in [0.2, 0.25) is 0 Å². The predicted octanol–water partition coefficient (Wildman–Crippen LogP) is 4.90. The zero-order valence-corrected chi connectivity index (χ0v) is 14.9. The number of benzene rings is 1. The van der Waals surface area contributed by atoms with Gasteiger partial charge in [0.25, 0.3) is 0 Å². The van der Waals surface area contributed by atoms with Crippen molar-refractivity contribution >= 4 is 0 Å². The van der Waals surface area contributed by atoms with Crippen molar-refractivity contribution < 1.29 is 9.47 Å². The van der Waals surface area contributed by atoms with E-state index in [9.17, 15) is 0 Å². The number of para-hydroxylation sites is 2. The Morgan fingerprint density at radius 3 is 2.43 bits per heavy atom. The van der Waals surface area contributed by atoms with E-state index < -0.39 is 0 Å². The summed E-state index contributed by atoms with van der Waals surface area (Å²) in [6.07, 6.45) is 10.8. The Labute approximate surface area is 142 Å². The maximum atomic E-state index is 5.99. The molecule has 23 heavy (non-hydrogen) atoms. The number of rotatable bonds is 10. The lowest BCUT2D eigenvalue weighted by molar-refractivity contribution is 0.127. The minimum Gasteiger partial charge on any atom is -0.493 e. The fraction of sp³-hybridized carbons (Fsp3) is 0.700. The molecule has 1 fully saturated rings. The molecule has 3 heteroatoms. The number of ether oxygens (including phenoxy) is 2. The first kappa shape index (κ1) is 18.1. The summed E-state index contributed by atoms with van der Waals surface area (Å²) in [6.45, 7) is 5.25. The molecule has 0 saturated heterocycles. The second kappa shape index (κ2) is 10.5. The largest absolute Gasteiger partial charge is 0.493 e. The number of unbranched alkanes of at least 4 members (excludes halogenated alkanes) is 2. The minimum absolute atomic E-state index is 0.739. The van der Waals surface area contributed by atoms with Crippen LogP contribution in [0.15, 0.2) is 24.3 Å². The van der Waals surface area contributed by atoms with Crippen LogP contribution in [0.1, 0.15) is 58.3 Å². The molecule has 0 N–H and O–H groups in total. The molecule has 1 aromatic carbocycles. The van der Waals surface area contributed by atoms with E-state index in [-0.39, 0.29) is 0 Å². The molecule has 1 saturated carbocycles. The highest BCUT2D eigenvalue weighted by Gasteiger charge is 2.20. The van der Waals surface area contributed by atoms with Gasteiger partial charge in [-0.25, -0.2) is 0 Å². The molecule has 0 spiro atoms. The lowest BCUT2D eigenvalue weighted by Crippen LogP contribution is -2.40. The first-order valence-corrected chi connectivity index (χ1v) is 9.35. The molecule has 1 aliphatic carbocycles. The summed E-state index contributed by atoms with van der Waals surface area (Å²) in [5, 5.41) is 0. The van der Waals surface area contributed by atoms with Crippen molar-refractivity contribution in [3.63, 3.8) is 0 Å². The van der Waals surface area contributed by atoms with Crippen LogP contribution in [-0.2, 0) is 0 Å². The van der Waals surface area contributed by atoms with Crippen LogP contribution in [-0.4, -0.2) is 37.7 Å². The fourth-order valence-electron chi connectivity index (χ4n) is 3.50. The smallest absolute Gasteiger partial charge is 0.161 e. The molecule has 0 aromatic heterocycles. The second-order valence-corrected chi connectivity index (χ2v) is 6.53. The second-order valence-electron chi connectivity index (χ2n) is 6.53. The van der Waals surface area contributed by atoms with Crippen LogP contribution >= 0.6 is 0 Å². The lowest BCUT2D eigenvalue weighted by atomic mass is 9.94. The number of nitrogens with zero attached hydrogens (tertiary/aromatic N) is 1. The van der Waals surface area contributed by atoms with E-state index in [1.807, 2.05) is 24.3 Å². The first-order chi connectivity index (χ1) is 11.3. The van der Waals surface area contributed by atoms with E-state index in [0.29, 0.717) is 0 Å². The fourth-order valence-corrected chi connectivity index (χ4v) is 3.50. The van der Waals surface area contributed by atoms with Crippen molar-refractivity contribution in [2.45, 2.75) is 64.3 Å². The summed E-state index contributed by atoms with van der Waals surface area (Å²) in [5.74, 6) is 1.68. The molecule has 0 unspecified atom stereocenters. The van der Waals surface area contributed by atoms with Crippen LogP contribution in [0.3, 0.4) is 0 Å². The van der Waals surface area contributed by atoms with Gasteiger partial charge in [-0.15, -0.1) is 0 Å². The van der Waals surface area contributed by atoms with E-state index in [1.54, 1.807) is 7.11 Å². The van der Waals surface area contributed by atoms with Crippen molar-refractivity contribution in [1.29, 1.82) is 0 Å². The summed E-state index contributed by atoms with van der Waals surface area (Å²) in [7, 11) is 1.70. The summed E-state index contributed by atoms with van der Waals surface area (Å²) in [6, 6.07) is 8.68.